The molecule has 0 unspecified atom stereocenters. The monoisotopic (exact) mass is 504 g/mol. The lowest BCUT2D eigenvalue weighted by Crippen LogP contribution is -2.35. The van der Waals surface area contributed by atoms with E-state index in [2.05, 4.69) is 61.5 Å². The minimum absolute atomic E-state index is 0.199. The van der Waals surface area contributed by atoms with Crippen LogP contribution in [-0.4, -0.2) is 49.4 Å². The SMILES string of the molecule is OC1CCN(c2cccc(-c3ccc4[nH]nc(-c5nc6c(-c7cccc(F)c7)cncc6[nH]5)c4c3)c2)CC1. The topological polar surface area (TPSA) is 93.7 Å². The molecule has 3 N–H and O–H groups in total. The van der Waals surface area contributed by atoms with E-state index in [4.69, 9.17) is 4.98 Å². The maximum atomic E-state index is 13.9. The first-order chi connectivity index (χ1) is 18.6. The average molecular weight is 505 g/mol. The fourth-order valence-corrected chi connectivity index (χ4v) is 5.29. The number of rotatable bonds is 4. The molecule has 7 nitrogen and oxygen atoms in total. The summed E-state index contributed by atoms with van der Waals surface area (Å²) < 4.78 is 13.9. The standard InChI is InChI=1S/C30H25FN6O/c31-21-5-1-4-20(13-21)25-16-32-17-27-28(25)34-30(33-27)29-24-15-19(7-8-26(24)35-36-29)18-3-2-6-22(14-18)37-11-9-23(38)10-12-37/h1-8,13-17,23,38H,9-12H2,(H,33,34)(H,35,36). The highest BCUT2D eigenvalue weighted by Gasteiger charge is 2.19. The number of hydrogen-bond donors (Lipinski definition) is 3. The summed E-state index contributed by atoms with van der Waals surface area (Å²) in [6.07, 6.45) is 4.82. The molecule has 6 aromatic rings. The third kappa shape index (κ3) is 3.99. The number of fused-ring (bicyclic) bond motifs is 2. The minimum Gasteiger partial charge on any atom is -0.393 e. The Morgan fingerprint density at radius 2 is 1.68 bits per heavy atom. The molecule has 38 heavy (non-hydrogen) atoms. The number of nitrogens with zero attached hydrogens (tertiary/aromatic N) is 4. The number of H-pyrrole nitrogens is 2. The highest BCUT2D eigenvalue weighted by Crippen LogP contribution is 2.34. The largest absolute Gasteiger partial charge is 0.393 e. The highest BCUT2D eigenvalue weighted by atomic mass is 19.1. The number of halogens is 1. The first-order valence-electron chi connectivity index (χ1n) is 12.7. The zero-order valence-electron chi connectivity index (χ0n) is 20.5. The molecule has 0 spiro atoms. The number of aliphatic hydroxyl groups excluding tert-OH is 1. The molecule has 0 aliphatic carbocycles. The van der Waals surface area contributed by atoms with E-state index in [1.165, 1.54) is 12.1 Å². The second-order valence-electron chi connectivity index (χ2n) is 9.78. The van der Waals surface area contributed by atoms with Gasteiger partial charge in [-0.2, -0.15) is 5.10 Å². The van der Waals surface area contributed by atoms with E-state index in [1.54, 1.807) is 18.5 Å². The predicted molar refractivity (Wildman–Crippen MR) is 147 cm³/mol. The van der Waals surface area contributed by atoms with E-state index < -0.39 is 0 Å². The van der Waals surface area contributed by atoms with Crippen LogP contribution in [0.1, 0.15) is 12.8 Å². The van der Waals surface area contributed by atoms with Crippen LogP contribution in [0.3, 0.4) is 0 Å². The Morgan fingerprint density at radius 3 is 2.55 bits per heavy atom. The van der Waals surface area contributed by atoms with Crippen LogP contribution < -0.4 is 4.90 Å². The molecular formula is C30H25FN6O. The van der Waals surface area contributed by atoms with Crippen molar-refractivity contribution in [3.8, 4) is 33.8 Å². The van der Waals surface area contributed by atoms with E-state index in [9.17, 15) is 9.50 Å². The van der Waals surface area contributed by atoms with E-state index in [0.29, 0.717) is 17.0 Å². The van der Waals surface area contributed by atoms with Gasteiger partial charge < -0.3 is 15.0 Å². The third-order valence-electron chi connectivity index (χ3n) is 7.33. The average Bonchev–Trinajstić information content (AvgIpc) is 3.57. The van der Waals surface area contributed by atoms with Gasteiger partial charge in [0.15, 0.2) is 5.82 Å². The van der Waals surface area contributed by atoms with E-state index >= 15 is 0 Å². The molecule has 1 saturated heterocycles. The number of imidazole rings is 1. The first kappa shape index (κ1) is 22.6. The molecule has 7 rings (SSSR count). The van der Waals surface area contributed by atoms with Crippen LogP contribution in [0.15, 0.2) is 79.1 Å². The maximum Gasteiger partial charge on any atom is 0.159 e. The van der Waals surface area contributed by atoms with Crippen LogP contribution in [0.4, 0.5) is 10.1 Å². The third-order valence-corrected chi connectivity index (χ3v) is 7.33. The Hall–Kier alpha value is -4.56. The number of nitrogens with one attached hydrogen (secondary N) is 2. The van der Waals surface area contributed by atoms with Gasteiger partial charge >= 0.3 is 0 Å². The summed E-state index contributed by atoms with van der Waals surface area (Å²) in [5.74, 6) is 0.317. The van der Waals surface area contributed by atoms with Gasteiger partial charge in [-0.3, -0.25) is 10.1 Å². The summed E-state index contributed by atoms with van der Waals surface area (Å²) >= 11 is 0. The number of aliphatic hydroxyl groups is 1. The van der Waals surface area contributed by atoms with E-state index in [1.807, 2.05) is 12.1 Å². The predicted octanol–water partition coefficient (Wildman–Crippen LogP) is 5.94. The summed E-state index contributed by atoms with van der Waals surface area (Å²) in [7, 11) is 0. The summed E-state index contributed by atoms with van der Waals surface area (Å²) in [4.78, 5) is 14.9. The van der Waals surface area contributed by atoms with Gasteiger partial charge in [-0.15, -0.1) is 0 Å². The van der Waals surface area contributed by atoms with E-state index in [0.717, 1.165) is 70.3 Å². The molecule has 1 aliphatic rings. The zero-order chi connectivity index (χ0) is 25.6. The molecule has 0 amide bonds. The first-order valence-corrected chi connectivity index (χ1v) is 12.7. The quantitative estimate of drug-likeness (QED) is 0.276. The van der Waals surface area contributed by atoms with Crippen LogP contribution in [0.25, 0.3) is 55.7 Å². The van der Waals surface area contributed by atoms with Crippen molar-refractivity contribution in [1.82, 2.24) is 25.1 Å². The molecule has 4 heterocycles. The fourth-order valence-electron chi connectivity index (χ4n) is 5.29. The molecule has 1 aliphatic heterocycles. The number of pyridine rings is 1. The van der Waals surface area contributed by atoms with Crippen molar-refractivity contribution < 1.29 is 9.50 Å². The number of benzene rings is 3. The van der Waals surface area contributed by atoms with Crippen LogP contribution >= 0.6 is 0 Å². The molecule has 0 saturated carbocycles. The molecule has 8 heteroatoms. The van der Waals surface area contributed by atoms with Crippen molar-refractivity contribution in [3.05, 3.63) is 84.9 Å². The van der Waals surface area contributed by atoms with Crippen LogP contribution in [0, 0.1) is 5.82 Å². The molecule has 3 aromatic heterocycles. The Balaban J connectivity index is 1.28. The molecule has 0 atom stereocenters. The number of piperidine rings is 1. The summed E-state index contributed by atoms with van der Waals surface area (Å²) in [6, 6.07) is 21.2. The Morgan fingerprint density at radius 1 is 0.868 bits per heavy atom. The number of hydrogen-bond acceptors (Lipinski definition) is 5. The second kappa shape index (κ2) is 9.08. The van der Waals surface area contributed by atoms with E-state index in [-0.39, 0.29) is 11.9 Å². The molecule has 1 fully saturated rings. The molecule has 188 valence electrons. The summed E-state index contributed by atoms with van der Waals surface area (Å²) in [5.41, 5.74) is 7.93. The Labute approximate surface area is 218 Å². The molecule has 3 aromatic carbocycles. The minimum atomic E-state index is -0.303. The van der Waals surface area contributed by atoms with Crippen molar-refractivity contribution >= 4 is 27.6 Å². The maximum absolute atomic E-state index is 13.9. The van der Waals surface area contributed by atoms with Crippen LogP contribution in [0.5, 0.6) is 0 Å². The van der Waals surface area contributed by atoms with Crippen molar-refractivity contribution in [2.45, 2.75) is 18.9 Å². The van der Waals surface area contributed by atoms with Gasteiger partial charge in [0.05, 0.1) is 28.9 Å². The second-order valence-corrected chi connectivity index (χ2v) is 9.78. The normalized spacial score (nSPS) is 14.5. The van der Waals surface area contributed by atoms with Gasteiger partial charge in [0, 0.05) is 35.9 Å². The van der Waals surface area contributed by atoms with Gasteiger partial charge in [0.25, 0.3) is 0 Å². The van der Waals surface area contributed by atoms with Gasteiger partial charge in [-0.1, -0.05) is 30.3 Å². The Kier molecular flexibility index (Phi) is 5.40. The zero-order valence-corrected chi connectivity index (χ0v) is 20.5. The Bertz CT molecular complexity index is 1780. The van der Waals surface area contributed by atoms with Crippen molar-refractivity contribution in [2.24, 2.45) is 0 Å². The lowest BCUT2D eigenvalue weighted by Gasteiger charge is -2.31. The fraction of sp³-hybridized carbons (Fsp3) is 0.167. The van der Waals surface area contributed by atoms with Crippen LogP contribution in [0.2, 0.25) is 0 Å². The molecular weight excluding hydrogens is 479 g/mol. The summed E-state index contributed by atoms with van der Waals surface area (Å²) in [5, 5.41) is 18.5. The van der Waals surface area contributed by atoms with Gasteiger partial charge in [-0.05, 0) is 65.9 Å². The van der Waals surface area contributed by atoms with Gasteiger partial charge in [0.2, 0.25) is 0 Å². The highest BCUT2D eigenvalue weighted by molar-refractivity contribution is 5.98. The van der Waals surface area contributed by atoms with Crippen molar-refractivity contribution in [2.75, 3.05) is 18.0 Å². The van der Waals surface area contributed by atoms with Crippen molar-refractivity contribution in [1.29, 1.82) is 0 Å². The van der Waals surface area contributed by atoms with Crippen molar-refractivity contribution in [3.63, 3.8) is 0 Å². The lowest BCUT2D eigenvalue weighted by atomic mass is 10.0. The number of anilines is 1. The number of aromatic amines is 2. The van der Waals surface area contributed by atoms with Gasteiger partial charge in [0.1, 0.15) is 11.5 Å². The smallest absolute Gasteiger partial charge is 0.159 e. The lowest BCUT2D eigenvalue weighted by molar-refractivity contribution is 0.145. The summed E-state index contributed by atoms with van der Waals surface area (Å²) in [6.45, 7) is 1.71. The number of aromatic nitrogens is 5. The molecule has 0 bridgehead atoms. The van der Waals surface area contributed by atoms with Crippen LogP contribution in [-0.2, 0) is 0 Å². The van der Waals surface area contributed by atoms with Gasteiger partial charge in [-0.25, -0.2) is 9.37 Å². The molecule has 0 radical (unpaired) electrons.